The van der Waals surface area contributed by atoms with Gasteiger partial charge in [-0.3, -0.25) is 4.90 Å². The summed E-state index contributed by atoms with van der Waals surface area (Å²) in [5.74, 6) is 2.07. The number of rotatable bonds is 2. The third-order valence-corrected chi connectivity index (χ3v) is 5.07. The van der Waals surface area contributed by atoms with Crippen LogP contribution in [0.3, 0.4) is 0 Å². The first-order chi connectivity index (χ1) is 9.24. The van der Waals surface area contributed by atoms with E-state index in [-0.39, 0.29) is 11.7 Å². The molecule has 2 fully saturated rings. The molecule has 3 rings (SSSR count). The molecule has 0 bridgehead atoms. The Morgan fingerprint density at radius 2 is 2.26 bits per heavy atom. The molecule has 102 valence electrons. The zero-order valence-electron chi connectivity index (χ0n) is 10.8. The van der Waals surface area contributed by atoms with Crippen molar-refractivity contribution in [3.63, 3.8) is 0 Å². The lowest BCUT2D eigenvalue weighted by Crippen LogP contribution is -2.39. The second-order valence-electron chi connectivity index (χ2n) is 5.13. The molecule has 4 nitrogen and oxygen atoms in total. The molecular weight excluding hydrogens is 260 g/mol. The predicted molar refractivity (Wildman–Crippen MR) is 77.5 cm³/mol. The predicted octanol–water partition coefficient (Wildman–Crippen LogP) is 2.37. The van der Waals surface area contributed by atoms with Crippen LogP contribution in [-0.2, 0) is 11.3 Å². The Bertz CT molecular complexity index is 486. The smallest absolute Gasteiger partial charge is 0.415 e. The molecule has 2 heterocycles. The summed E-state index contributed by atoms with van der Waals surface area (Å²) in [4.78, 5) is 13.9. The van der Waals surface area contributed by atoms with E-state index in [1.165, 1.54) is 5.75 Å². The number of carbonyl (C=O) groups excluding carboxylic acids is 1. The third-order valence-electron chi connectivity index (χ3n) is 3.76. The molecule has 1 aromatic carbocycles. The Morgan fingerprint density at radius 1 is 1.42 bits per heavy atom. The van der Waals surface area contributed by atoms with E-state index < -0.39 is 0 Å². The Labute approximate surface area is 117 Å². The Balaban J connectivity index is 1.87. The quantitative estimate of drug-likeness (QED) is 0.902. The number of anilines is 1. The number of amides is 1. The van der Waals surface area contributed by atoms with Gasteiger partial charge in [0.05, 0.1) is 12.2 Å². The first-order valence-electron chi connectivity index (χ1n) is 6.60. The molecule has 0 radical (unpaired) electrons. The molecule has 2 aliphatic rings. The molecular formula is C14H18N2O2S. The fraction of sp³-hybridized carbons (Fsp3) is 0.500. The fourth-order valence-electron chi connectivity index (χ4n) is 2.79. The second-order valence-corrected chi connectivity index (χ2v) is 6.23. The number of carbonyl (C=O) groups is 1. The average molecular weight is 278 g/mol. The summed E-state index contributed by atoms with van der Waals surface area (Å²) in [6.07, 6.45) is 1.85. The monoisotopic (exact) mass is 278 g/mol. The minimum absolute atomic E-state index is 0.233. The lowest BCUT2D eigenvalue weighted by molar-refractivity contribution is 0.0664. The molecule has 1 unspecified atom stereocenters. The molecule has 1 aromatic rings. The summed E-state index contributed by atoms with van der Waals surface area (Å²) in [5, 5.41) is 0. The van der Waals surface area contributed by atoms with E-state index in [1.54, 1.807) is 4.90 Å². The number of nitrogens with zero attached hydrogens (tertiary/aromatic N) is 1. The summed E-state index contributed by atoms with van der Waals surface area (Å²) >= 11 is 1.87. The van der Waals surface area contributed by atoms with Crippen LogP contribution in [0, 0.1) is 0 Å². The maximum absolute atomic E-state index is 12.2. The number of benzene rings is 1. The van der Waals surface area contributed by atoms with Gasteiger partial charge in [-0.15, -0.1) is 0 Å². The molecule has 5 heteroatoms. The maximum atomic E-state index is 12.2. The van der Waals surface area contributed by atoms with Crippen LogP contribution in [0.15, 0.2) is 24.3 Å². The van der Waals surface area contributed by atoms with Crippen LogP contribution in [0.5, 0.6) is 0 Å². The normalized spacial score (nSPS) is 26.8. The average Bonchev–Trinajstić information content (AvgIpc) is 2.76. The highest BCUT2D eigenvalue weighted by Crippen LogP contribution is 2.38. The maximum Gasteiger partial charge on any atom is 0.415 e. The van der Waals surface area contributed by atoms with Crippen molar-refractivity contribution in [1.29, 1.82) is 0 Å². The van der Waals surface area contributed by atoms with Gasteiger partial charge < -0.3 is 10.5 Å². The van der Waals surface area contributed by atoms with E-state index >= 15 is 0 Å². The minimum Gasteiger partial charge on any atom is -0.440 e. The van der Waals surface area contributed by atoms with Crippen molar-refractivity contribution in [3.8, 4) is 0 Å². The van der Waals surface area contributed by atoms with E-state index in [0.29, 0.717) is 13.1 Å². The van der Waals surface area contributed by atoms with Gasteiger partial charge in [-0.05, 0) is 30.2 Å². The highest BCUT2D eigenvalue weighted by Gasteiger charge is 2.46. The summed E-state index contributed by atoms with van der Waals surface area (Å²) in [7, 11) is 0. The van der Waals surface area contributed by atoms with Gasteiger partial charge in [0.1, 0.15) is 5.60 Å². The highest BCUT2D eigenvalue weighted by atomic mass is 32.2. The molecule has 1 atom stereocenters. The lowest BCUT2D eigenvalue weighted by atomic mass is 9.99. The summed E-state index contributed by atoms with van der Waals surface area (Å²) in [5.41, 5.74) is 7.34. The van der Waals surface area contributed by atoms with Crippen molar-refractivity contribution >= 4 is 23.5 Å². The lowest BCUT2D eigenvalue weighted by Gasteiger charge is -2.30. The number of nitrogens with two attached hydrogens (primary N) is 1. The van der Waals surface area contributed by atoms with Gasteiger partial charge in [-0.1, -0.05) is 18.2 Å². The number of ether oxygens (including phenoxy) is 1. The summed E-state index contributed by atoms with van der Waals surface area (Å²) < 4.78 is 5.68. The van der Waals surface area contributed by atoms with Crippen LogP contribution in [-0.4, -0.2) is 29.7 Å². The zero-order chi connectivity index (χ0) is 13.3. The van der Waals surface area contributed by atoms with Gasteiger partial charge in [0, 0.05) is 12.3 Å². The van der Waals surface area contributed by atoms with Gasteiger partial charge in [0.15, 0.2) is 0 Å². The second kappa shape index (κ2) is 5.06. The van der Waals surface area contributed by atoms with Crippen LogP contribution in [0.25, 0.3) is 0 Å². The molecule has 0 aliphatic carbocycles. The zero-order valence-corrected chi connectivity index (χ0v) is 11.6. The first kappa shape index (κ1) is 12.8. The van der Waals surface area contributed by atoms with Gasteiger partial charge in [-0.25, -0.2) is 4.79 Å². The van der Waals surface area contributed by atoms with Crippen LogP contribution < -0.4 is 10.6 Å². The minimum atomic E-state index is -0.290. The molecule has 2 N–H and O–H groups in total. The largest absolute Gasteiger partial charge is 0.440 e. The molecule has 2 saturated heterocycles. The van der Waals surface area contributed by atoms with Crippen LogP contribution >= 0.6 is 11.8 Å². The van der Waals surface area contributed by atoms with Gasteiger partial charge in [-0.2, -0.15) is 11.8 Å². The van der Waals surface area contributed by atoms with E-state index in [2.05, 4.69) is 0 Å². The number of para-hydroxylation sites is 1. The van der Waals surface area contributed by atoms with Crippen molar-refractivity contribution in [2.75, 3.05) is 23.0 Å². The Kier molecular flexibility index (Phi) is 3.41. The van der Waals surface area contributed by atoms with E-state index in [4.69, 9.17) is 10.5 Å². The van der Waals surface area contributed by atoms with Crippen LogP contribution in [0.2, 0.25) is 0 Å². The van der Waals surface area contributed by atoms with Crippen molar-refractivity contribution in [1.82, 2.24) is 0 Å². The van der Waals surface area contributed by atoms with Crippen molar-refractivity contribution in [2.45, 2.75) is 25.0 Å². The third kappa shape index (κ3) is 2.32. The van der Waals surface area contributed by atoms with E-state index in [0.717, 1.165) is 29.8 Å². The molecule has 0 saturated carbocycles. The van der Waals surface area contributed by atoms with E-state index in [1.807, 2.05) is 36.0 Å². The first-order valence-corrected chi connectivity index (χ1v) is 7.76. The summed E-state index contributed by atoms with van der Waals surface area (Å²) in [6, 6.07) is 7.78. The van der Waals surface area contributed by atoms with E-state index in [9.17, 15) is 4.79 Å². The summed E-state index contributed by atoms with van der Waals surface area (Å²) in [6.45, 7) is 1.08. The molecule has 1 amide bonds. The number of thioether (sulfide) groups is 1. The van der Waals surface area contributed by atoms with Crippen molar-refractivity contribution in [2.24, 2.45) is 5.73 Å². The molecule has 0 aromatic heterocycles. The SMILES string of the molecule is NCc1ccccc1N1CC2(CCCSC2)OC1=O. The standard InChI is InChI=1S/C14H18N2O2S/c15-8-11-4-1-2-5-12(11)16-9-14(18-13(16)17)6-3-7-19-10-14/h1-2,4-5H,3,6-10,15H2. The molecule has 2 aliphatic heterocycles. The fourth-order valence-corrected chi connectivity index (χ4v) is 3.95. The Hall–Kier alpha value is -1.20. The highest BCUT2D eigenvalue weighted by molar-refractivity contribution is 7.99. The van der Waals surface area contributed by atoms with Crippen molar-refractivity contribution in [3.05, 3.63) is 29.8 Å². The van der Waals surface area contributed by atoms with Crippen LogP contribution in [0.4, 0.5) is 10.5 Å². The van der Waals surface area contributed by atoms with Gasteiger partial charge in [0.2, 0.25) is 0 Å². The van der Waals surface area contributed by atoms with Crippen LogP contribution in [0.1, 0.15) is 18.4 Å². The molecule has 1 spiro atoms. The molecule has 19 heavy (non-hydrogen) atoms. The number of hydrogen-bond donors (Lipinski definition) is 1. The Morgan fingerprint density at radius 3 is 3.00 bits per heavy atom. The van der Waals surface area contributed by atoms with Crippen molar-refractivity contribution < 1.29 is 9.53 Å². The number of hydrogen-bond acceptors (Lipinski definition) is 4. The topological polar surface area (TPSA) is 55.6 Å². The van der Waals surface area contributed by atoms with Gasteiger partial charge in [0.25, 0.3) is 0 Å². The van der Waals surface area contributed by atoms with Gasteiger partial charge >= 0.3 is 6.09 Å².